The summed E-state index contributed by atoms with van der Waals surface area (Å²) in [5.41, 5.74) is -1.04. The van der Waals surface area contributed by atoms with Crippen LogP contribution in [0, 0.1) is 73.9 Å². The van der Waals surface area contributed by atoms with Crippen LogP contribution in [0.15, 0.2) is 24.3 Å². The van der Waals surface area contributed by atoms with Crippen molar-refractivity contribution in [2.45, 2.75) is 281 Å². The number of carbonyl (C=O) groups is 1. The molecule has 0 amide bonds. The van der Waals surface area contributed by atoms with Gasteiger partial charge in [0.15, 0.2) is 12.6 Å². The summed E-state index contributed by atoms with van der Waals surface area (Å²) in [4.78, 5) is 14.9. The van der Waals surface area contributed by atoms with Crippen LogP contribution in [0.3, 0.4) is 0 Å². The Morgan fingerprint density at radius 1 is 0.706 bits per heavy atom. The Kier molecular flexibility index (Phi) is 22.0. The molecule has 3 aliphatic heterocycles. The molecule has 5 aliphatic carbocycles. The van der Waals surface area contributed by atoms with Crippen molar-refractivity contribution in [1.82, 2.24) is 0 Å². The Morgan fingerprint density at radius 2 is 1.33 bits per heavy atom. The highest BCUT2D eigenvalue weighted by Crippen LogP contribution is 2.76. The van der Waals surface area contributed by atoms with Crippen molar-refractivity contribution in [3.8, 4) is 23.7 Å². The van der Waals surface area contributed by atoms with E-state index in [2.05, 4.69) is 91.7 Å². The number of fused-ring (bicyclic) bond motifs is 7. The fraction of sp³-hybridized carbons (Fsp3) is 0.862. The number of ether oxygens (including phenoxy) is 7. The van der Waals surface area contributed by atoms with Gasteiger partial charge in [0.05, 0.1) is 43.5 Å². The maximum absolute atomic E-state index is 14.9. The molecule has 0 aromatic heterocycles. The summed E-state index contributed by atoms with van der Waals surface area (Å²) in [5.74, 6) is 10.2. The largest absolute Gasteiger partial charge is 0.432 e. The third-order valence-corrected chi connectivity index (χ3v) is 22.5. The van der Waals surface area contributed by atoms with Crippen LogP contribution < -0.4 is 0 Å². The molecule has 4 saturated carbocycles. The monoisotopic (exact) mass is 1200 g/mol. The van der Waals surface area contributed by atoms with Gasteiger partial charge in [-0.15, -0.1) is 0 Å². The van der Waals surface area contributed by atoms with Crippen molar-refractivity contribution in [2.24, 2.45) is 50.2 Å². The van der Waals surface area contributed by atoms with E-state index >= 15 is 0 Å². The average Bonchev–Trinajstić information content (AvgIpc) is 0.735. The van der Waals surface area contributed by atoms with Crippen molar-refractivity contribution < 1.29 is 99.2 Å². The second-order valence-corrected chi connectivity index (χ2v) is 28.4. The van der Waals surface area contributed by atoms with Crippen molar-refractivity contribution >= 4 is 5.97 Å². The van der Waals surface area contributed by atoms with E-state index in [1.54, 1.807) is 0 Å². The van der Waals surface area contributed by atoms with Crippen LogP contribution in [-0.4, -0.2) is 204 Å². The maximum atomic E-state index is 14.9. The van der Waals surface area contributed by atoms with E-state index in [1.807, 2.05) is 0 Å². The van der Waals surface area contributed by atoms with Crippen molar-refractivity contribution in [1.29, 1.82) is 0 Å². The molecule has 482 valence electrons. The van der Waals surface area contributed by atoms with E-state index in [4.69, 9.17) is 33.2 Å². The van der Waals surface area contributed by atoms with Gasteiger partial charge in [-0.2, -0.15) is 0 Å². The van der Waals surface area contributed by atoms with E-state index in [0.717, 1.165) is 70.6 Å². The molecule has 12 N–H and O–H groups in total. The second-order valence-electron chi connectivity index (χ2n) is 28.4. The van der Waals surface area contributed by atoms with Crippen molar-refractivity contribution in [2.75, 3.05) is 19.8 Å². The van der Waals surface area contributed by atoms with Crippen LogP contribution in [0.2, 0.25) is 0 Å². The quantitative estimate of drug-likeness (QED) is 0.0274. The number of hydrogen-bond donors (Lipinski definition) is 12. The summed E-state index contributed by atoms with van der Waals surface area (Å²) in [5, 5.41) is 130. The molecule has 8 rings (SSSR count). The number of hydrogen-bond acceptors (Lipinski definition) is 20. The first-order chi connectivity index (χ1) is 40.1. The lowest BCUT2D eigenvalue weighted by Gasteiger charge is -2.71. The Morgan fingerprint density at radius 3 is 1.99 bits per heavy atom. The molecule has 0 aromatic rings. The standard InChI is InChI=1S/C65H102O20/c1-10-12-13-14-18-21-40(39(69)20-17-15-16-19-36(68)11-2)79-35-43-49(72)52(75)55(84-56-53(76)50(73)47(70)41(33-66)80-56)58(82-43)83-46-25-26-62(7)44(61(46,5)6)24-27-64(9)45(62)23-22-37-38-32-60(3,4)28-30-65(38,31-29-63(37,64)8)59(78)85-57-54(77)51(74)48(71)42(34-67)81-57/h11,22,36,38-58,66-77H,2,10,12-14,18,20-21,23-35H2,1,3-9H3/t36?,38-,39?,40+,41+,42+,43+,44-,45+,46-,47+,48+,49+,50-,51-,52-,53+,54+,55+,56-,57-,58-,62-,63+,64+,65-/m0/s1. The van der Waals surface area contributed by atoms with Gasteiger partial charge in [0, 0.05) is 6.42 Å². The summed E-state index contributed by atoms with van der Waals surface area (Å²) < 4.78 is 43.9. The molecule has 26 atom stereocenters. The first-order valence-electron chi connectivity index (χ1n) is 31.5. The topological polar surface area (TPSA) is 324 Å². The highest BCUT2D eigenvalue weighted by molar-refractivity contribution is 5.79. The van der Waals surface area contributed by atoms with Crippen LogP contribution in [0.1, 0.15) is 165 Å². The molecule has 0 aromatic carbocycles. The molecule has 7 fully saturated rings. The van der Waals surface area contributed by atoms with E-state index in [0.29, 0.717) is 32.1 Å². The van der Waals surface area contributed by atoms with E-state index in [9.17, 15) is 66.1 Å². The Labute approximate surface area is 502 Å². The smallest absolute Gasteiger partial charge is 0.315 e. The van der Waals surface area contributed by atoms with Gasteiger partial charge < -0.3 is 94.4 Å². The molecule has 0 spiro atoms. The van der Waals surface area contributed by atoms with Gasteiger partial charge in [-0.3, -0.25) is 4.79 Å². The first-order valence-corrected chi connectivity index (χ1v) is 31.5. The summed E-state index contributed by atoms with van der Waals surface area (Å²) in [6, 6.07) is 0. The van der Waals surface area contributed by atoms with Crippen LogP contribution in [0.4, 0.5) is 0 Å². The Bertz CT molecular complexity index is 2430. The van der Waals surface area contributed by atoms with Gasteiger partial charge >= 0.3 is 5.97 Å². The van der Waals surface area contributed by atoms with E-state index in [-0.39, 0.29) is 52.4 Å². The van der Waals surface area contributed by atoms with Crippen molar-refractivity contribution in [3.05, 3.63) is 24.3 Å². The number of allylic oxidation sites excluding steroid dienone is 2. The third kappa shape index (κ3) is 13.3. The minimum atomic E-state index is -1.84. The number of carbonyl (C=O) groups excluding carboxylic acids is 1. The number of aliphatic hydroxyl groups excluding tert-OH is 12. The summed E-state index contributed by atoms with van der Waals surface area (Å²) >= 11 is 0. The van der Waals surface area contributed by atoms with Gasteiger partial charge in [0.2, 0.25) is 6.29 Å². The van der Waals surface area contributed by atoms with E-state index in [1.165, 1.54) is 11.6 Å². The fourth-order valence-electron chi connectivity index (χ4n) is 17.1. The lowest BCUT2D eigenvalue weighted by atomic mass is 9.33. The summed E-state index contributed by atoms with van der Waals surface area (Å²) in [6.45, 7) is 20.1. The predicted octanol–water partition coefficient (Wildman–Crippen LogP) is 3.20. The van der Waals surface area contributed by atoms with Gasteiger partial charge in [-0.05, 0) is 127 Å². The minimum Gasteiger partial charge on any atom is -0.432 e. The minimum absolute atomic E-state index is 0.00333. The summed E-state index contributed by atoms with van der Waals surface area (Å²) in [6.07, 6.45) is -11.1. The number of rotatable bonds is 20. The highest BCUT2D eigenvalue weighted by Gasteiger charge is 2.70. The molecule has 3 saturated heterocycles. The molecule has 2 unspecified atom stereocenters. The maximum Gasteiger partial charge on any atom is 0.315 e. The van der Waals surface area contributed by atoms with Crippen molar-refractivity contribution in [3.63, 3.8) is 0 Å². The van der Waals surface area contributed by atoms with Gasteiger partial charge in [0.25, 0.3) is 0 Å². The fourth-order valence-corrected chi connectivity index (χ4v) is 17.1. The van der Waals surface area contributed by atoms with Crippen LogP contribution >= 0.6 is 0 Å². The van der Waals surface area contributed by atoms with Gasteiger partial charge in [-0.25, -0.2) is 0 Å². The van der Waals surface area contributed by atoms with Gasteiger partial charge in [0.1, 0.15) is 79.4 Å². The molecule has 85 heavy (non-hydrogen) atoms. The lowest BCUT2D eigenvalue weighted by Crippen LogP contribution is -2.67. The first kappa shape index (κ1) is 68.3. The van der Waals surface area contributed by atoms with Crippen LogP contribution in [0.25, 0.3) is 0 Å². The number of esters is 1. The molecule has 0 radical (unpaired) electrons. The Hall–Kier alpha value is -2.65. The SMILES string of the molecule is C=CC(O)C#CC#CCC(O)[C@@H](CCCCCCC)OC[C@H]1O[C@@H](O[C@H]2CC[C@]3(C)[C@H]4CC=C5[C@@H]6CC(C)(C)CC[C@]6(C(=O)O[C@@H]6O[C@H](CO)[C@@H](O)[C@H](O)[C@H]6O)CC[C@@]5(C)[C@]4(C)CC[C@H]3C2(C)C)[C@H](O[C@@H]2O[C@H](CO)[C@@H](O)[C@H](O)[C@H]2O)[C@@H](O)[C@@H]1O. The zero-order chi connectivity index (χ0) is 62.2. The molecule has 20 heteroatoms. The summed E-state index contributed by atoms with van der Waals surface area (Å²) in [7, 11) is 0. The molecular weight excluding hydrogens is 1100 g/mol. The van der Waals surface area contributed by atoms with Crippen LogP contribution in [0.5, 0.6) is 0 Å². The number of unbranched alkanes of at least 4 members (excludes halogenated alkanes) is 4. The highest BCUT2D eigenvalue weighted by atomic mass is 16.8. The second kappa shape index (κ2) is 27.4. The lowest BCUT2D eigenvalue weighted by molar-refractivity contribution is -0.379. The third-order valence-electron chi connectivity index (χ3n) is 22.5. The molecular formula is C65H102O20. The Balaban J connectivity index is 1.04. The zero-order valence-electron chi connectivity index (χ0n) is 51.3. The van der Waals surface area contributed by atoms with Crippen LogP contribution in [-0.2, 0) is 38.0 Å². The normalized spacial score (nSPS) is 44.8. The zero-order valence-corrected chi connectivity index (χ0v) is 51.3. The molecule has 8 aliphatic rings. The average molecular weight is 1200 g/mol. The predicted molar refractivity (Wildman–Crippen MR) is 309 cm³/mol. The number of aliphatic hydroxyl groups is 12. The molecule has 20 nitrogen and oxygen atoms in total. The molecule has 0 bridgehead atoms. The molecule has 3 heterocycles. The van der Waals surface area contributed by atoms with Gasteiger partial charge in [-0.1, -0.05) is 124 Å². The van der Waals surface area contributed by atoms with E-state index < -0.39 is 147 Å².